The van der Waals surface area contributed by atoms with E-state index < -0.39 is 55.2 Å². The molecule has 2 atom stereocenters. The minimum atomic E-state index is -5.08. The van der Waals surface area contributed by atoms with Crippen molar-refractivity contribution < 1.29 is 49.1 Å². The largest absolute Gasteiger partial charge is 0.490 e. The van der Waals surface area contributed by atoms with Gasteiger partial charge in [-0.2, -0.15) is 13.2 Å². The maximum absolute atomic E-state index is 13.7. The van der Waals surface area contributed by atoms with Crippen molar-refractivity contribution in [2.75, 3.05) is 0 Å². The summed E-state index contributed by atoms with van der Waals surface area (Å²) in [5, 5.41) is 6.10. The van der Waals surface area contributed by atoms with Gasteiger partial charge in [0, 0.05) is 4.47 Å². The van der Waals surface area contributed by atoms with Gasteiger partial charge in [0.1, 0.15) is 16.9 Å². The van der Waals surface area contributed by atoms with Crippen molar-refractivity contribution in [1.82, 2.24) is 19.4 Å². The van der Waals surface area contributed by atoms with Gasteiger partial charge < -0.3 is 10.1 Å². The number of hydrogen-bond acceptors (Lipinski definition) is 7. The highest BCUT2D eigenvalue weighted by Gasteiger charge is 2.39. The smallest absolute Gasteiger partial charge is 0.475 e. The van der Waals surface area contributed by atoms with Gasteiger partial charge >= 0.3 is 12.1 Å². The molecule has 5 rings (SSSR count). The van der Waals surface area contributed by atoms with E-state index in [4.69, 9.17) is 9.90 Å². The number of fused-ring (bicyclic) bond motifs is 1. The molecule has 11 nitrogen and oxygen atoms in total. The quantitative estimate of drug-likeness (QED) is 0.205. The van der Waals surface area contributed by atoms with E-state index >= 15 is 0 Å². The van der Waals surface area contributed by atoms with Gasteiger partial charge in [-0.1, -0.05) is 46.3 Å². The van der Waals surface area contributed by atoms with E-state index in [-0.39, 0.29) is 17.7 Å². The van der Waals surface area contributed by atoms with E-state index in [1.54, 1.807) is 24.3 Å². The summed E-state index contributed by atoms with van der Waals surface area (Å²) in [6.07, 6.45) is -5.13. The number of alkyl halides is 3. The Bertz CT molecular complexity index is 1920. The Labute approximate surface area is 255 Å². The number of carboxylic acid groups (broad SMARTS) is 1. The van der Waals surface area contributed by atoms with Gasteiger partial charge in [-0.15, -0.1) is 0 Å². The third-order valence-electron chi connectivity index (χ3n) is 6.24. The molecular weight excluding hydrogens is 700 g/mol. The maximum atomic E-state index is 13.7. The van der Waals surface area contributed by atoms with Crippen LogP contribution in [0.1, 0.15) is 34.7 Å². The topological polar surface area (TPSA) is 175 Å². The highest BCUT2D eigenvalue weighted by molar-refractivity contribution is 9.10. The Kier molecular flexibility index (Phi) is 9.48. The zero-order valence-electron chi connectivity index (χ0n) is 22.0. The number of aromatic amines is 1. The zero-order chi connectivity index (χ0) is 32.4. The predicted octanol–water partition coefficient (Wildman–Crippen LogP) is 4.25. The molecule has 1 amide bonds. The molecule has 1 aliphatic rings. The van der Waals surface area contributed by atoms with Crippen LogP contribution in [0.5, 0.6) is 0 Å². The summed E-state index contributed by atoms with van der Waals surface area (Å²) < 4.78 is 101. The van der Waals surface area contributed by atoms with E-state index in [1.165, 1.54) is 12.1 Å². The number of rotatable bonds is 7. The molecule has 1 saturated heterocycles. The number of nitrogens with one attached hydrogen (secondary N) is 3. The fourth-order valence-electron chi connectivity index (χ4n) is 4.24. The van der Waals surface area contributed by atoms with Gasteiger partial charge in [0.15, 0.2) is 0 Å². The molecule has 1 unspecified atom stereocenters. The van der Waals surface area contributed by atoms with Crippen LogP contribution in [0.2, 0.25) is 0 Å². The highest BCUT2D eigenvalue weighted by Crippen LogP contribution is 2.36. The molecule has 0 radical (unpaired) electrons. The number of aliphatic carboxylic acids is 1. The van der Waals surface area contributed by atoms with E-state index in [9.17, 15) is 39.2 Å². The van der Waals surface area contributed by atoms with Gasteiger partial charge in [0.05, 0.1) is 28.4 Å². The minimum Gasteiger partial charge on any atom is -0.475 e. The summed E-state index contributed by atoms with van der Waals surface area (Å²) in [6, 6.07) is 16.0. The average Bonchev–Trinajstić information content (AvgIpc) is 3.47. The van der Waals surface area contributed by atoms with Gasteiger partial charge in [-0.3, -0.25) is 9.52 Å². The van der Waals surface area contributed by atoms with Crippen LogP contribution in [-0.2, 0) is 36.1 Å². The van der Waals surface area contributed by atoms with Crippen LogP contribution >= 0.6 is 15.9 Å². The van der Waals surface area contributed by atoms with Crippen LogP contribution < -0.4 is 9.44 Å². The van der Waals surface area contributed by atoms with E-state index in [1.807, 2.05) is 22.9 Å². The Morgan fingerprint density at radius 2 is 1.80 bits per heavy atom. The van der Waals surface area contributed by atoms with Crippen molar-refractivity contribution >= 4 is 58.9 Å². The van der Waals surface area contributed by atoms with Crippen molar-refractivity contribution in [2.45, 2.75) is 35.2 Å². The van der Waals surface area contributed by atoms with Gasteiger partial charge in [0.2, 0.25) is 26.0 Å². The number of carboxylic acids is 1. The molecule has 3 aromatic carbocycles. The molecule has 1 fully saturated rings. The summed E-state index contributed by atoms with van der Waals surface area (Å²) in [7, 11) is -7.96. The molecule has 1 aromatic heterocycles. The van der Waals surface area contributed by atoms with Gasteiger partial charge in [-0.25, -0.2) is 35.7 Å². The van der Waals surface area contributed by atoms with Crippen molar-refractivity contribution in [1.29, 1.82) is 0 Å². The number of nitrogens with zero attached hydrogens (tertiary/aromatic N) is 1. The van der Waals surface area contributed by atoms with Crippen molar-refractivity contribution in [3.05, 3.63) is 94.0 Å². The van der Waals surface area contributed by atoms with Crippen LogP contribution in [0.3, 0.4) is 0 Å². The Balaban J connectivity index is 0.000000566. The summed E-state index contributed by atoms with van der Waals surface area (Å²) in [5.74, 6) is -3.66. The molecule has 18 heteroatoms. The van der Waals surface area contributed by atoms with Crippen molar-refractivity contribution in [3.63, 3.8) is 0 Å². The molecule has 0 bridgehead atoms. The van der Waals surface area contributed by atoms with Crippen LogP contribution in [0.25, 0.3) is 11.0 Å². The number of amides is 1. The summed E-state index contributed by atoms with van der Waals surface area (Å²) in [6.45, 7) is 0. The van der Waals surface area contributed by atoms with E-state index in [0.29, 0.717) is 32.5 Å². The number of imidazole rings is 1. The third-order valence-corrected chi connectivity index (χ3v) is 10.1. The fraction of sp³-hybridized carbons (Fsp3) is 0.192. The number of H-pyrrole nitrogens is 1. The van der Waals surface area contributed by atoms with E-state index in [2.05, 4.69) is 30.6 Å². The first kappa shape index (κ1) is 33.0. The lowest BCUT2D eigenvalue weighted by Crippen LogP contribution is -2.31. The molecular formula is C26H21BrF4N4O7S2. The molecule has 1 aliphatic heterocycles. The van der Waals surface area contributed by atoms with Gasteiger partial charge in [0.25, 0.3) is 0 Å². The SMILES string of the molecule is O=C(O)C(F)(F)F.O=C1CC(c2ccc(C[C@H](NS(=O)(=O)c3cccc(F)c3)c3nc4ccccc4[nH]3)cc2Br)S(=O)(=O)N1. The fourth-order valence-corrected chi connectivity index (χ4v) is 7.78. The molecule has 4 N–H and O–H groups in total. The number of carbonyl (C=O) groups is 2. The lowest BCUT2D eigenvalue weighted by Gasteiger charge is -2.18. The number of benzene rings is 3. The monoisotopic (exact) mass is 720 g/mol. The third kappa shape index (κ3) is 7.79. The maximum Gasteiger partial charge on any atom is 0.490 e. The number of para-hydroxylation sites is 2. The lowest BCUT2D eigenvalue weighted by atomic mass is 10.0. The Morgan fingerprint density at radius 1 is 1.11 bits per heavy atom. The van der Waals surface area contributed by atoms with Crippen LogP contribution in [0, 0.1) is 5.82 Å². The number of halogens is 5. The van der Waals surface area contributed by atoms with Crippen molar-refractivity contribution in [2.24, 2.45) is 0 Å². The average molecular weight is 722 g/mol. The summed E-state index contributed by atoms with van der Waals surface area (Å²) in [4.78, 5) is 28.0. The second-order valence-electron chi connectivity index (χ2n) is 9.40. The molecule has 0 spiro atoms. The second kappa shape index (κ2) is 12.6. The second-order valence-corrected chi connectivity index (χ2v) is 13.8. The number of sulfonamides is 2. The number of aromatic nitrogens is 2. The Hall–Kier alpha value is -3.87. The zero-order valence-corrected chi connectivity index (χ0v) is 25.2. The Morgan fingerprint density at radius 3 is 2.36 bits per heavy atom. The molecule has 44 heavy (non-hydrogen) atoms. The van der Waals surface area contributed by atoms with E-state index in [0.717, 1.165) is 12.1 Å². The summed E-state index contributed by atoms with van der Waals surface area (Å²) in [5.41, 5.74) is 2.45. The van der Waals surface area contributed by atoms with Crippen LogP contribution in [0.15, 0.2) is 76.1 Å². The molecule has 4 aromatic rings. The normalized spacial score (nSPS) is 17.0. The molecule has 0 saturated carbocycles. The first-order valence-corrected chi connectivity index (χ1v) is 16.1. The number of carbonyl (C=O) groups excluding carboxylic acids is 1. The number of hydrogen-bond donors (Lipinski definition) is 4. The van der Waals surface area contributed by atoms with Gasteiger partial charge in [-0.05, 0) is 53.9 Å². The lowest BCUT2D eigenvalue weighted by molar-refractivity contribution is -0.192. The first-order chi connectivity index (χ1) is 20.5. The molecule has 2 heterocycles. The predicted molar refractivity (Wildman–Crippen MR) is 152 cm³/mol. The molecule has 234 valence electrons. The first-order valence-electron chi connectivity index (χ1n) is 12.3. The van der Waals surface area contributed by atoms with Crippen LogP contribution in [-0.4, -0.2) is 50.0 Å². The highest BCUT2D eigenvalue weighted by atomic mass is 79.9. The standard InChI is InChI=1S/C24H20BrFN4O5S2.C2HF3O2/c25-18-10-14(8-9-17(18)22-13-23(31)30-37(22,34)35)11-21(24-27-19-6-1-2-7-20(19)28-24)29-36(32,33)16-5-3-4-15(26)12-16;3-2(4,5)1(6)7/h1-10,12,21-22,29H,11,13H2,(H,27,28)(H,30,31);(H,6,7)/t21-,22?;/m0./s1. The molecule has 0 aliphatic carbocycles. The summed E-state index contributed by atoms with van der Waals surface area (Å²) >= 11 is 3.40. The minimum absolute atomic E-state index is 0.141. The van der Waals surface area contributed by atoms with Crippen LogP contribution in [0.4, 0.5) is 17.6 Å². The van der Waals surface area contributed by atoms with Crippen molar-refractivity contribution in [3.8, 4) is 0 Å².